The van der Waals surface area contributed by atoms with Crippen molar-refractivity contribution >= 4 is 5.69 Å². The molecule has 0 unspecified atom stereocenters. The molecule has 90 valence electrons. The third-order valence-corrected chi connectivity index (χ3v) is 3.25. The smallest absolute Gasteiger partial charge is 0.0411 e. The van der Waals surface area contributed by atoms with Gasteiger partial charge in [-0.15, -0.1) is 0 Å². The van der Waals surface area contributed by atoms with Crippen LogP contribution in [0.3, 0.4) is 0 Å². The van der Waals surface area contributed by atoms with E-state index < -0.39 is 0 Å². The van der Waals surface area contributed by atoms with Crippen LogP contribution in [0.1, 0.15) is 33.2 Å². The highest BCUT2D eigenvalue weighted by molar-refractivity contribution is 5.53. The lowest BCUT2D eigenvalue weighted by Gasteiger charge is -2.30. The van der Waals surface area contributed by atoms with Crippen LogP contribution in [0.2, 0.25) is 0 Å². The molecule has 0 radical (unpaired) electrons. The Kier molecular flexibility index (Phi) is 4.23. The number of piperidine rings is 1. The van der Waals surface area contributed by atoms with E-state index in [9.17, 15) is 0 Å². The van der Waals surface area contributed by atoms with Gasteiger partial charge in [0.25, 0.3) is 0 Å². The summed E-state index contributed by atoms with van der Waals surface area (Å²) in [6.07, 6.45) is 4.08. The van der Waals surface area contributed by atoms with Gasteiger partial charge in [-0.25, -0.2) is 0 Å². The molecule has 1 N–H and O–H groups in total. The largest absolute Gasteiger partial charge is 0.371 e. The normalized spacial score (nSPS) is 16.4. The summed E-state index contributed by atoms with van der Waals surface area (Å²) in [4.78, 5) is 2.54. The van der Waals surface area contributed by atoms with E-state index in [1.165, 1.54) is 43.6 Å². The molecule has 1 aromatic rings. The Morgan fingerprint density at radius 1 is 1.19 bits per heavy atom. The number of rotatable bonds is 4. The lowest BCUT2D eigenvalue weighted by atomic mass is 10.1. The van der Waals surface area contributed by atoms with E-state index in [1.54, 1.807) is 0 Å². The summed E-state index contributed by atoms with van der Waals surface area (Å²) in [5.74, 6) is 0. The van der Waals surface area contributed by atoms with Crippen LogP contribution in [0.4, 0.5) is 5.69 Å². The van der Waals surface area contributed by atoms with Crippen LogP contribution in [-0.2, 0) is 6.54 Å². The van der Waals surface area contributed by atoms with Gasteiger partial charge < -0.3 is 10.2 Å². The van der Waals surface area contributed by atoms with Crippen LogP contribution in [0, 0.1) is 0 Å². The highest BCUT2D eigenvalue weighted by Crippen LogP contribution is 2.23. The van der Waals surface area contributed by atoms with E-state index in [2.05, 4.69) is 41.4 Å². The third-order valence-electron chi connectivity index (χ3n) is 3.25. The minimum absolute atomic E-state index is 0. The first-order valence-electron chi connectivity index (χ1n) is 6.45. The summed E-state index contributed by atoms with van der Waals surface area (Å²) in [7, 11) is 0. The minimum atomic E-state index is 0. The fourth-order valence-electron chi connectivity index (χ4n) is 2.36. The second-order valence-electron chi connectivity index (χ2n) is 4.46. The molecular weight excluding hydrogens is 196 g/mol. The third kappa shape index (κ3) is 2.76. The van der Waals surface area contributed by atoms with E-state index in [4.69, 9.17) is 0 Å². The van der Waals surface area contributed by atoms with Gasteiger partial charge in [0, 0.05) is 26.7 Å². The zero-order chi connectivity index (χ0) is 11.2. The summed E-state index contributed by atoms with van der Waals surface area (Å²) in [6, 6.07) is 8.80. The number of nitrogens with zero attached hydrogens (tertiary/aromatic N) is 1. The highest BCUT2D eigenvalue weighted by Gasteiger charge is 2.13. The molecule has 1 fully saturated rings. The molecule has 1 aromatic carbocycles. The SMILES string of the molecule is CCNCc1ccccc1N1CCCCC1.[HH]. The maximum Gasteiger partial charge on any atom is 0.0411 e. The van der Waals surface area contributed by atoms with Crippen LogP contribution in [0.5, 0.6) is 0 Å². The van der Waals surface area contributed by atoms with Crippen molar-refractivity contribution in [3.63, 3.8) is 0 Å². The predicted octanol–water partition coefficient (Wildman–Crippen LogP) is 3.03. The Bertz CT molecular complexity index is 322. The van der Waals surface area contributed by atoms with Gasteiger partial charge in [0.2, 0.25) is 0 Å². The molecule has 1 heterocycles. The fraction of sp³-hybridized carbons (Fsp3) is 0.571. The summed E-state index contributed by atoms with van der Waals surface area (Å²) in [6.45, 7) is 6.63. The number of nitrogens with one attached hydrogen (secondary N) is 1. The van der Waals surface area contributed by atoms with Gasteiger partial charge in [-0.2, -0.15) is 0 Å². The number of hydrogen-bond donors (Lipinski definition) is 1. The van der Waals surface area contributed by atoms with Crippen LogP contribution in [0.25, 0.3) is 0 Å². The van der Waals surface area contributed by atoms with Crippen molar-refractivity contribution in [3.8, 4) is 0 Å². The van der Waals surface area contributed by atoms with Gasteiger partial charge >= 0.3 is 0 Å². The van der Waals surface area contributed by atoms with Crippen LogP contribution in [-0.4, -0.2) is 19.6 Å². The number of para-hydroxylation sites is 1. The molecular formula is C14H24N2. The van der Waals surface area contributed by atoms with Gasteiger partial charge in [-0.1, -0.05) is 25.1 Å². The number of anilines is 1. The van der Waals surface area contributed by atoms with Crippen LogP contribution < -0.4 is 10.2 Å². The number of hydrogen-bond acceptors (Lipinski definition) is 2. The molecule has 2 rings (SSSR count). The second-order valence-corrected chi connectivity index (χ2v) is 4.46. The molecule has 0 atom stereocenters. The average molecular weight is 220 g/mol. The first kappa shape index (κ1) is 11.5. The van der Waals surface area contributed by atoms with E-state index in [0.29, 0.717) is 0 Å². The van der Waals surface area contributed by atoms with Gasteiger partial charge in [0.05, 0.1) is 0 Å². The monoisotopic (exact) mass is 220 g/mol. The Balaban J connectivity index is 0.00000144. The molecule has 2 nitrogen and oxygen atoms in total. The molecule has 1 saturated heterocycles. The molecule has 16 heavy (non-hydrogen) atoms. The predicted molar refractivity (Wildman–Crippen MR) is 72.0 cm³/mol. The molecule has 0 amide bonds. The summed E-state index contributed by atoms with van der Waals surface area (Å²) in [5, 5.41) is 3.42. The zero-order valence-corrected chi connectivity index (χ0v) is 10.2. The summed E-state index contributed by atoms with van der Waals surface area (Å²) >= 11 is 0. The maximum atomic E-state index is 3.42. The van der Waals surface area contributed by atoms with Gasteiger partial charge in [0.15, 0.2) is 0 Å². The first-order chi connectivity index (χ1) is 7.92. The quantitative estimate of drug-likeness (QED) is 0.839. The average Bonchev–Trinajstić information content (AvgIpc) is 2.38. The fourth-order valence-corrected chi connectivity index (χ4v) is 2.36. The summed E-state index contributed by atoms with van der Waals surface area (Å²) in [5.41, 5.74) is 2.87. The molecule has 1 aliphatic rings. The van der Waals surface area contributed by atoms with Crippen LogP contribution in [0.15, 0.2) is 24.3 Å². The van der Waals surface area contributed by atoms with Crippen molar-refractivity contribution in [3.05, 3.63) is 29.8 Å². The molecule has 0 aliphatic carbocycles. The molecule has 0 bridgehead atoms. The van der Waals surface area contributed by atoms with Crippen molar-refractivity contribution in [1.29, 1.82) is 0 Å². The van der Waals surface area contributed by atoms with Crippen LogP contribution >= 0.6 is 0 Å². The first-order valence-corrected chi connectivity index (χ1v) is 6.45. The Morgan fingerprint density at radius 2 is 1.94 bits per heavy atom. The Hall–Kier alpha value is -1.02. The van der Waals surface area contributed by atoms with Gasteiger partial charge in [-0.05, 0) is 37.4 Å². The van der Waals surface area contributed by atoms with Crippen molar-refractivity contribution < 1.29 is 1.43 Å². The second kappa shape index (κ2) is 5.90. The minimum Gasteiger partial charge on any atom is -0.371 e. The standard InChI is InChI=1S/C14H22N2.H2/c1-2-15-12-13-8-4-5-9-14(13)16-10-6-3-7-11-16;/h4-5,8-9,15H,2-3,6-7,10-12H2,1H3;1H. The highest BCUT2D eigenvalue weighted by atomic mass is 15.1. The van der Waals surface area contributed by atoms with E-state index in [-0.39, 0.29) is 1.43 Å². The van der Waals surface area contributed by atoms with Gasteiger partial charge in [0.1, 0.15) is 0 Å². The van der Waals surface area contributed by atoms with Crippen molar-refractivity contribution in [2.45, 2.75) is 32.7 Å². The van der Waals surface area contributed by atoms with Crippen molar-refractivity contribution in [1.82, 2.24) is 5.32 Å². The topological polar surface area (TPSA) is 15.3 Å². The Labute approximate surface area is 100 Å². The molecule has 0 saturated carbocycles. The van der Waals surface area contributed by atoms with E-state index >= 15 is 0 Å². The maximum absolute atomic E-state index is 3.42. The summed E-state index contributed by atoms with van der Waals surface area (Å²) < 4.78 is 0. The molecule has 0 aromatic heterocycles. The van der Waals surface area contributed by atoms with Gasteiger partial charge in [-0.3, -0.25) is 0 Å². The molecule has 2 heteroatoms. The van der Waals surface area contributed by atoms with Crippen molar-refractivity contribution in [2.24, 2.45) is 0 Å². The Morgan fingerprint density at radius 3 is 2.69 bits per heavy atom. The molecule has 1 aliphatic heterocycles. The van der Waals surface area contributed by atoms with Crippen molar-refractivity contribution in [2.75, 3.05) is 24.5 Å². The zero-order valence-electron chi connectivity index (χ0n) is 10.2. The van der Waals surface area contributed by atoms with E-state index in [0.717, 1.165) is 13.1 Å². The lowest BCUT2D eigenvalue weighted by molar-refractivity contribution is 0.575. The number of benzene rings is 1. The molecule has 0 spiro atoms. The van der Waals surface area contributed by atoms with E-state index in [1.807, 2.05) is 0 Å². The lowest BCUT2D eigenvalue weighted by Crippen LogP contribution is -2.30.